The monoisotopic (exact) mass is 288 g/mol. The molecule has 0 aliphatic heterocycles. The van der Waals surface area contributed by atoms with E-state index in [1.807, 2.05) is 37.8 Å². The number of aryl methyl sites for hydroxylation is 1. The van der Waals surface area contributed by atoms with Crippen LogP contribution in [0.5, 0.6) is 0 Å². The van der Waals surface area contributed by atoms with Crippen LogP contribution in [0.25, 0.3) is 0 Å². The van der Waals surface area contributed by atoms with Crippen molar-refractivity contribution in [3.8, 4) is 0 Å². The van der Waals surface area contributed by atoms with E-state index in [4.69, 9.17) is 0 Å². The molecule has 1 aromatic carbocycles. The summed E-state index contributed by atoms with van der Waals surface area (Å²) in [6, 6.07) is 5.23. The van der Waals surface area contributed by atoms with Gasteiger partial charge in [0.05, 0.1) is 11.1 Å². The van der Waals surface area contributed by atoms with E-state index < -0.39 is 0 Å². The highest BCUT2D eigenvalue weighted by atomic mass is 16.6. The van der Waals surface area contributed by atoms with Gasteiger partial charge in [0.2, 0.25) is 0 Å². The van der Waals surface area contributed by atoms with Crippen LogP contribution in [0.2, 0.25) is 0 Å². The Morgan fingerprint density at radius 1 is 1.43 bits per heavy atom. The lowest BCUT2D eigenvalue weighted by Gasteiger charge is -2.16. The summed E-state index contributed by atoms with van der Waals surface area (Å²) >= 11 is 0. The van der Waals surface area contributed by atoms with Gasteiger partial charge in [0.1, 0.15) is 0 Å². The molecule has 112 valence electrons. The van der Waals surface area contributed by atoms with E-state index in [0.717, 1.165) is 16.8 Å². The maximum atomic E-state index is 11.0. The molecule has 0 saturated heterocycles. The van der Waals surface area contributed by atoms with Crippen molar-refractivity contribution in [1.29, 1.82) is 0 Å². The molecule has 0 saturated carbocycles. The summed E-state index contributed by atoms with van der Waals surface area (Å²) in [7, 11) is 1.91. The fourth-order valence-corrected chi connectivity index (χ4v) is 2.40. The van der Waals surface area contributed by atoms with Crippen molar-refractivity contribution in [1.82, 2.24) is 15.1 Å². The molecule has 0 bridgehead atoms. The number of nitro groups is 1. The van der Waals surface area contributed by atoms with Gasteiger partial charge in [-0.05, 0) is 26.3 Å². The van der Waals surface area contributed by atoms with Crippen molar-refractivity contribution in [2.75, 3.05) is 0 Å². The first-order chi connectivity index (χ1) is 9.91. The highest BCUT2D eigenvalue weighted by molar-refractivity contribution is 5.45. The van der Waals surface area contributed by atoms with Gasteiger partial charge in [-0.15, -0.1) is 0 Å². The lowest BCUT2D eigenvalue weighted by molar-refractivity contribution is -0.385. The van der Waals surface area contributed by atoms with Crippen LogP contribution in [0, 0.1) is 24.0 Å². The zero-order valence-corrected chi connectivity index (χ0v) is 12.8. The van der Waals surface area contributed by atoms with Gasteiger partial charge >= 0.3 is 0 Å². The molecular formula is C15H20N4O2. The minimum atomic E-state index is -0.336. The summed E-state index contributed by atoms with van der Waals surface area (Å²) in [5, 5.41) is 18.6. The van der Waals surface area contributed by atoms with E-state index in [-0.39, 0.29) is 16.7 Å². The van der Waals surface area contributed by atoms with Crippen LogP contribution in [-0.2, 0) is 13.6 Å². The normalized spacial score (nSPS) is 12.4. The van der Waals surface area contributed by atoms with Crippen molar-refractivity contribution >= 4 is 5.69 Å². The van der Waals surface area contributed by atoms with Gasteiger partial charge in [0.15, 0.2) is 0 Å². The maximum absolute atomic E-state index is 11.0. The van der Waals surface area contributed by atoms with Gasteiger partial charge in [0.25, 0.3) is 5.69 Å². The van der Waals surface area contributed by atoms with Crippen LogP contribution >= 0.6 is 0 Å². The van der Waals surface area contributed by atoms with E-state index in [9.17, 15) is 10.1 Å². The Kier molecular flexibility index (Phi) is 4.37. The number of aromatic nitrogens is 2. The topological polar surface area (TPSA) is 73.0 Å². The molecule has 21 heavy (non-hydrogen) atoms. The standard InChI is InChI=1S/C15H20N4O2/c1-10-14(6-5-7-15(10)19(20)21)11(2)16-8-13-9-17-18(4)12(13)3/h5-7,9,11,16H,8H2,1-4H3/t11-/m1/s1. The molecule has 1 heterocycles. The minimum Gasteiger partial charge on any atom is -0.306 e. The van der Waals surface area contributed by atoms with E-state index >= 15 is 0 Å². The molecule has 0 amide bonds. The van der Waals surface area contributed by atoms with E-state index in [0.29, 0.717) is 12.1 Å². The molecule has 0 radical (unpaired) electrons. The smallest absolute Gasteiger partial charge is 0.272 e. The fraction of sp³-hybridized carbons (Fsp3) is 0.400. The molecule has 0 aliphatic carbocycles. The average Bonchev–Trinajstić information content (AvgIpc) is 2.76. The van der Waals surface area contributed by atoms with Crippen LogP contribution in [0.4, 0.5) is 5.69 Å². The van der Waals surface area contributed by atoms with Crippen LogP contribution in [-0.4, -0.2) is 14.7 Å². The molecule has 0 fully saturated rings. The third kappa shape index (κ3) is 3.11. The SMILES string of the molecule is Cc1c([C@@H](C)NCc2cnn(C)c2C)cccc1[N+](=O)[O-]. The molecular weight excluding hydrogens is 268 g/mol. The summed E-state index contributed by atoms with van der Waals surface area (Å²) in [6.07, 6.45) is 1.84. The summed E-state index contributed by atoms with van der Waals surface area (Å²) in [6.45, 7) is 6.51. The number of hydrogen-bond donors (Lipinski definition) is 1. The fourth-order valence-electron chi connectivity index (χ4n) is 2.40. The molecule has 0 aliphatic rings. The molecule has 6 nitrogen and oxygen atoms in total. The Hall–Kier alpha value is -2.21. The number of rotatable bonds is 5. The van der Waals surface area contributed by atoms with Crippen molar-refractivity contribution in [3.63, 3.8) is 0 Å². The van der Waals surface area contributed by atoms with Crippen LogP contribution < -0.4 is 5.32 Å². The summed E-state index contributed by atoms with van der Waals surface area (Å²) in [5.74, 6) is 0. The third-order valence-corrected chi connectivity index (χ3v) is 3.95. The first-order valence-electron chi connectivity index (χ1n) is 6.86. The summed E-state index contributed by atoms with van der Waals surface area (Å²) < 4.78 is 1.83. The molecule has 1 atom stereocenters. The van der Waals surface area contributed by atoms with Crippen LogP contribution in [0.3, 0.4) is 0 Å². The number of benzene rings is 1. The van der Waals surface area contributed by atoms with Gasteiger partial charge in [-0.3, -0.25) is 14.8 Å². The summed E-state index contributed by atoms with van der Waals surface area (Å²) in [4.78, 5) is 10.7. The van der Waals surface area contributed by atoms with Gasteiger partial charge in [-0.25, -0.2) is 0 Å². The highest BCUT2D eigenvalue weighted by Crippen LogP contribution is 2.26. The van der Waals surface area contributed by atoms with Crippen LogP contribution in [0.15, 0.2) is 24.4 Å². The maximum Gasteiger partial charge on any atom is 0.272 e. The average molecular weight is 288 g/mol. The van der Waals surface area contributed by atoms with Crippen LogP contribution in [0.1, 0.15) is 35.3 Å². The molecule has 2 rings (SSSR count). The van der Waals surface area contributed by atoms with Crippen molar-refractivity contribution in [3.05, 3.63) is 56.9 Å². The Labute approximate surface area is 123 Å². The predicted octanol–water partition coefficient (Wildman–Crippen LogP) is 2.80. The van der Waals surface area contributed by atoms with Crippen molar-refractivity contribution < 1.29 is 4.92 Å². The molecule has 1 N–H and O–H groups in total. The third-order valence-electron chi connectivity index (χ3n) is 3.95. The predicted molar refractivity (Wildman–Crippen MR) is 81.0 cm³/mol. The second kappa shape index (κ2) is 6.05. The Morgan fingerprint density at radius 2 is 2.14 bits per heavy atom. The molecule has 6 heteroatoms. The van der Waals surface area contributed by atoms with Crippen molar-refractivity contribution in [2.24, 2.45) is 7.05 Å². The zero-order chi connectivity index (χ0) is 15.6. The number of nitrogens with zero attached hydrogens (tertiary/aromatic N) is 3. The second-order valence-corrected chi connectivity index (χ2v) is 5.23. The number of hydrogen-bond acceptors (Lipinski definition) is 4. The number of nitrogens with one attached hydrogen (secondary N) is 1. The van der Waals surface area contributed by atoms with Gasteiger partial charge in [0, 0.05) is 42.5 Å². The highest BCUT2D eigenvalue weighted by Gasteiger charge is 2.17. The first-order valence-corrected chi connectivity index (χ1v) is 6.86. The van der Waals surface area contributed by atoms with Gasteiger partial charge < -0.3 is 5.32 Å². The zero-order valence-electron chi connectivity index (χ0n) is 12.8. The largest absolute Gasteiger partial charge is 0.306 e. The lowest BCUT2D eigenvalue weighted by atomic mass is 10.0. The Morgan fingerprint density at radius 3 is 2.71 bits per heavy atom. The van der Waals surface area contributed by atoms with Crippen molar-refractivity contribution in [2.45, 2.75) is 33.4 Å². The minimum absolute atomic E-state index is 0.0320. The molecule has 2 aromatic rings. The quantitative estimate of drug-likeness (QED) is 0.678. The Balaban J connectivity index is 2.14. The molecule has 0 spiro atoms. The Bertz CT molecular complexity index is 664. The molecule has 0 unspecified atom stereocenters. The van der Waals surface area contributed by atoms with E-state index in [2.05, 4.69) is 10.4 Å². The number of nitro benzene ring substituents is 1. The summed E-state index contributed by atoms with van der Waals surface area (Å²) in [5.41, 5.74) is 4.08. The van der Waals surface area contributed by atoms with Gasteiger partial charge in [-0.1, -0.05) is 12.1 Å². The van der Waals surface area contributed by atoms with E-state index in [1.54, 1.807) is 13.0 Å². The van der Waals surface area contributed by atoms with Gasteiger partial charge in [-0.2, -0.15) is 5.10 Å². The molecule has 1 aromatic heterocycles. The lowest BCUT2D eigenvalue weighted by Crippen LogP contribution is -2.19. The van der Waals surface area contributed by atoms with E-state index in [1.165, 1.54) is 6.07 Å². The second-order valence-electron chi connectivity index (χ2n) is 5.23. The first kappa shape index (κ1) is 15.2.